The molecule has 2 N–H and O–H groups in total. The van der Waals surface area contributed by atoms with E-state index in [9.17, 15) is 8.42 Å². The lowest BCUT2D eigenvalue weighted by molar-refractivity contribution is 0.340. The molecule has 0 aliphatic rings. The van der Waals surface area contributed by atoms with E-state index < -0.39 is 9.84 Å². The summed E-state index contributed by atoms with van der Waals surface area (Å²) in [5.74, 6) is 0.324. The molecule has 0 fully saturated rings. The van der Waals surface area contributed by atoms with Crippen LogP contribution in [0.4, 0.5) is 0 Å². The van der Waals surface area contributed by atoms with Crippen molar-refractivity contribution in [3.63, 3.8) is 0 Å². The average molecular weight is 294 g/mol. The van der Waals surface area contributed by atoms with Crippen LogP contribution in [0.5, 0.6) is 5.75 Å². The molecule has 1 rings (SSSR count). The first-order chi connectivity index (χ1) is 7.81. The molecule has 0 aliphatic carbocycles. The number of ether oxygens (including phenoxy) is 1. The lowest BCUT2D eigenvalue weighted by Crippen LogP contribution is -2.16. The Balaban J connectivity index is 2.85. The van der Waals surface area contributed by atoms with Gasteiger partial charge in [0.2, 0.25) is 0 Å². The summed E-state index contributed by atoms with van der Waals surface area (Å²) in [6, 6.07) is 4.96. The van der Waals surface area contributed by atoms with Crippen molar-refractivity contribution >= 4 is 38.6 Å². The predicted octanol–water partition coefficient (Wildman–Crippen LogP) is 1.40. The highest BCUT2D eigenvalue weighted by atomic mass is 35.5. The molecule has 0 saturated carbocycles. The summed E-state index contributed by atoms with van der Waals surface area (Å²) in [6.07, 6.45) is 1.14. The van der Waals surface area contributed by atoms with Crippen molar-refractivity contribution in [2.45, 2.75) is 0 Å². The van der Waals surface area contributed by atoms with Crippen LogP contribution < -0.4 is 10.5 Å². The standard InChI is InChI=1S/C10H12ClNO3S2/c1-17(13,14)6-5-15-8-4-2-3-7(11)9(8)10(12)16/h2-4H,5-6H2,1H3,(H2,12,16). The van der Waals surface area contributed by atoms with E-state index in [2.05, 4.69) is 0 Å². The van der Waals surface area contributed by atoms with Crippen LogP contribution in [-0.4, -0.2) is 32.0 Å². The Labute approximate surface area is 111 Å². The van der Waals surface area contributed by atoms with Gasteiger partial charge >= 0.3 is 0 Å². The first-order valence-corrected chi connectivity index (χ1v) is 7.55. The molecule has 0 unspecified atom stereocenters. The van der Waals surface area contributed by atoms with Gasteiger partial charge in [-0.05, 0) is 12.1 Å². The number of thiocarbonyl (C=S) groups is 1. The predicted molar refractivity (Wildman–Crippen MR) is 72.5 cm³/mol. The van der Waals surface area contributed by atoms with Gasteiger partial charge in [0.1, 0.15) is 17.3 Å². The average Bonchev–Trinajstić information content (AvgIpc) is 2.14. The van der Waals surface area contributed by atoms with E-state index in [4.69, 9.17) is 34.3 Å². The van der Waals surface area contributed by atoms with Gasteiger partial charge in [0, 0.05) is 6.26 Å². The van der Waals surface area contributed by atoms with Crippen LogP contribution in [0, 0.1) is 0 Å². The van der Waals surface area contributed by atoms with Crippen molar-refractivity contribution in [1.82, 2.24) is 0 Å². The number of halogens is 1. The Bertz CT molecular complexity index is 528. The summed E-state index contributed by atoms with van der Waals surface area (Å²) in [4.78, 5) is 0.116. The highest BCUT2D eigenvalue weighted by Gasteiger charge is 2.11. The third-order valence-corrected chi connectivity index (χ3v) is 3.36. The highest BCUT2D eigenvalue weighted by molar-refractivity contribution is 7.90. The van der Waals surface area contributed by atoms with E-state index in [1.165, 1.54) is 0 Å². The molecule has 7 heteroatoms. The van der Waals surface area contributed by atoms with Gasteiger partial charge < -0.3 is 10.5 Å². The van der Waals surface area contributed by atoms with Crippen LogP contribution in [0.2, 0.25) is 5.02 Å². The largest absolute Gasteiger partial charge is 0.492 e. The van der Waals surface area contributed by atoms with E-state index in [0.717, 1.165) is 6.26 Å². The van der Waals surface area contributed by atoms with E-state index in [-0.39, 0.29) is 17.3 Å². The number of sulfone groups is 1. The van der Waals surface area contributed by atoms with Gasteiger partial charge in [-0.25, -0.2) is 8.42 Å². The number of nitrogens with two attached hydrogens (primary N) is 1. The number of rotatable bonds is 5. The first kappa shape index (κ1) is 14.2. The minimum atomic E-state index is -3.06. The van der Waals surface area contributed by atoms with E-state index in [1.807, 2.05) is 0 Å². The van der Waals surface area contributed by atoms with Gasteiger partial charge in [0.25, 0.3) is 0 Å². The van der Waals surface area contributed by atoms with E-state index in [1.54, 1.807) is 18.2 Å². The maximum Gasteiger partial charge on any atom is 0.150 e. The van der Waals surface area contributed by atoms with Crippen molar-refractivity contribution < 1.29 is 13.2 Å². The molecule has 0 atom stereocenters. The van der Waals surface area contributed by atoms with Gasteiger partial charge in [0.15, 0.2) is 9.84 Å². The zero-order valence-corrected chi connectivity index (χ0v) is 11.5. The van der Waals surface area contributed by atoms with Crippen LogP contribution in [0.15, 0.2) is 18.2 Å². The molecule has 0 heterocycles. The third kappa shape index (κ3) is 4.49. The summed E-state index contributed by atoms with van der Waals surface area (Å²) in [5, 5.41) is 0.384. The van der Waals surface area contributed by atoms with Crippen molar-refractivity contribution in [2.75, 3.05) is 18.6 Å². The minimum Gasteiger partial charge on any atom is -0.492 e. The second-order valence-electron chi connectivity index (χ2n) is 3.46. The molecule has 94 valence electrons. The molecule has 0 aliphatic heterocycles. The molecule has 0 spiro atoms. The number of hydrogen-bond donors (Lipinski definition) is 1. The van der Waals surface area contributed by atoms with Crippen molar-refractivity contribution in [3.05, 3.63) is 28.8 Å². The van der Waals surface area contributed by atoms with Crippen molar-refractivity contribution in [3.8, 4) is 5.75 Å². The van der Waals surface area contributed by atoms with Gasteiger partial charge in [-0.1, -0.05) is 29.9 Å². The Morgan fingerprint density at radius 2 is 2.18 bits per heavy atom. The maximum atomic E-state index is 11.0. The molecule has 1 aromatic rings. The Kier molecular flexibility index (Phi) is 4.73. The minimum absolute atomic E-state index is 0.0365. The summed E-state index contributed by atoms with van der Waals surface area (Å²) in [5.41, 5.74) is 5.95. The van der Waals surface area contributed by atoms with Crippen LogP contribution in [-0.2, 0) is 9.84 Å². The molecular formula is C10H12ClNO3S2. The smallest absolute Gasteiger partial charge is 0.150 e. The van der Waals surface area contributed by atoms with Gasteiger partial charge in [0.05, 0.1) is 16.3 Å². The molecule has 0 amide bonds. The Hall–Kier alpha value is -0.850. The van der Waals surface area contributed by atoms with Crippen LogP contribution in [0.25, 0.3) is 0 Å². The first-order valence-electron chi connectivity index (χ1n) is 4.70. The topological polar surface area (TPSA) is 69.4 Å². The molecule has 0 saturated heterocycles. The molecule has 4 nitrogen and oxygen atoms in total. The fourth-order valence-corrected chi connectivity index (χ4v) is 2.09. The molecule has 17 heavy (non-hydrogen) atoms. The Morgan fingerprint density at radius 1 is 1.53 bits per heavy atom. The second-order valence-corrected chi connectivity index (χ2v) is 6.56. The second kappa shape index (κ2) is 5.66. The quantitative estimate of drug-likeness (QED) is 0.831. The highest BCUT2D eigenvalue weighted by Crippen LogP contribution is 2.26. The third-order valence-electron chi connectivity index (χ3n) is 1.93. The SMILES string of the molecule is CS(=O)(=O)CCOc1cccc(Cl)c1C(N)=S. The maximum absolute atomic E-state index is 11.0. The van der Waals surface area contributed by atoms with E-state index in [0.29, 0.717) is 16.3 Å². The lowest BCUT2D eigenvalue weighted by Gasteiger charge is -2.11. The fourth-order valence-electron chi connectivity index (χ4n) is 1.17. The Morgan fingerprint density at radius 3 is 2.71 bits per heavy atom. The number of hydrogen-bond acceptors (Lipinski definition) is 4. The normalized spacial score (nSPS) is 11.2. The summed E-state index contributed by atoms with van der Waals surface area (Å²) >= 11 is 10.8. The molecule has 1 aromatic carbocycles. The molecule has 0 aromatic heterocycles. The van der Waals surface area contributed by atoms with Crippen LogP contribution in [0.1, 0.15) is 5.56 Å². The monoisotopic (exact) mass is 293 g/mol. The zero-order chi connectivity index (χ0) is 13.1. The fraction of sp³-hybridized carbons (Fsp3) is 0.300. The van der Waals surface area contributed by atoms with Crippen molar-refractivity contribution in [2.24, 2.45) is 5.73 Å². The summed E-state index contributed by atoms with van der Waals surface area (Å²) in [6.45, 7) is 0.0365. The van der Waals surface area contributed by atoms with Gasteiger partial charge in [-0.2, -0.15) is 0 Å². The van der Waals surface area contributed by atoms with Gasteiger partial charge in [-0.15, -0.1) is 0 Å². The molecule has 0 radical (unpaired) electrons. The number of benzene rings is 1. The van der Waals surface area contributed by atoms with E-state index >= 15 is 0 Å². The lowest BCUT2D eigenvalue weighted by atomic mass is 10.2. The molecule has 0 bridgehead atoms. The van der Waals surface area contributed by atoms with Gasteiger partial charge in [-0.3, -0.25) is 0 Å². The van der Waals surface area contributed by atoms with Crippen LogP contribution >= 0.6 is 23.8 Å². The van der Waals surface area contributed by atoms with Crippen molar-refractivity contribution in [1.29, 1.82) is 0 Å². The van der Waals surface area contributed by atoms with Crippen LogP contribution in [0.3, 0.4) is 0 Å². The zero-order valence-electron chi connectivity index (χ0n) is 9.14. The summed E-state index contributed by atoms with van der Waals surface area (Å²) in [7, 11) is -3.06. The summed E-state index contributed by atoms with van der Waals surface area (Å²) < 4.78 is 27.2. The molecular weight excluding hydrogens is 282 g/mol.